The van der Waals surface area contributed by atoms with Crippen molar-refractivity contribution in [3.8, 4) is 0 Å². The highest BCUT2D eigenvalue weighted by Crippen LogP contribution is 2.28. The molecule has 1 aromatic carbocycles. The van der Waals surface area contributed by atoms with Gasteiger partial charge in [-0.1, -0.05) is 36.8 Å². The first kappa shape index (κ1) is 14.1. The fraction of sp³-hybridized carbons (Fsp3) is 0.562. The Kier molecular flexibility index (Phi) is 4.25. The monoisotopic (exact) mass is 260 g/mol. The molecule has 0 aliphatic carbocycles. The van der Waals surface area contributed by atoms with Crippen LogP contribution in [-0.4, -0.2) is 18.0 Å². The van der Waals surface area contributed by atoms with Gasteiger partial charge in [-0.25, -0.2) is 0 Å². The maximum absolute atomic E-state index is 11.7. The fourth-order valence-corrected chi connectivity index (χ4v) is 3.28. The minimum Gasteiger partial charge on any atom is -0.369 e. The Bertz CT molecular complexity index is 441. The molecule has 1 fully saturated rings. The molecule has 2 rings (SSSR count). The molecule has 3 nitrogen and oxygen atoms in total. The highest BCUT2D eigenvalue weighted by Gasteiger charge is 2.36. The van der Waals surface area contributed by atoms with Crippen LogP contribution in [0.1, 0.15) is 31.4 Å². The van der Waals surface area contributed by atoms with E-state index in [0.29, 0.717) is 12.0 Å². The van der Waals surface area contributed by atoms with E-state index < -0.39 is 0 Å². The van der Waals surface area contributed by atoms with Gasteiger partial charge in [0.15, 0.2) is 0 Å². The molecule has 4 atom stereocenters. The second kappa shape index (κ2) is 5.74. The van der Waals surface area contributed by atoms with Gasteiger partial charge in [0.25, 0.3) is 0 Å². The molecule has 1 aromatic rings. The molecule has 19 heavy (non-hydrogen) atoms. The third-order valence-corrected chi connectivity index (χ3v) is 4.18. The lowest BCUT2D eigenvalue weighted by Crippen LogP contribution is -2.55. The second-order valence-electron chi connectivity index (χ2n) is 6.01. The number of aryl methyl sites for hydroxylation is 1. The number of amides is 1. The van der Waals surface area contributed by atoms with Crippen molar-refractivity contribution in [3.63, 3.8) is 0 Å². The summed E-state index contributed by atoms with van der Waals surface area (Å²) in [4.78, 5) is 11.7. The Hall–Kier alpha value is -1.35. The van der Waals surface area contributed by atoms with Crippen molar-refractivity contribution in [2.24, 2.45) is 17.6 Å². The molecule has 1 saturated heterocycles. The number of piperidine rings is 1. The van der Waals surface area contributed by atoms with Gasteiger partial charge in [0, 0.05) is 12.1 Å². The lowest BCUT2D eigenvalue weighted by molar-refractivity contribution is -0.125. The van der Waals surface area contributed by atoms with Crippen LogP contribution in [0.25, 0.3) is 0 Å². The molecule has 0 spiro atoms. The molecular formula is C16H24N2O. The Morgan fingerprint density at radius 2 is 1.95 bits per heavy atom. The molecule has 104 valence electrons. The summed E-state index contributed by atoms with van der Waals surface area (Å²) in [5.41, 5.74) is 8.11. The summed E-state index contributed by atoms with van der Waals surface area (Å²) in [5.74, 6) is 0.103. The molecule has 0 aromatic heterocycles. The van der Waals surface area contributed by atoms with Crippen LogP contribution >= 0.6 is 0 Å². The number of nitrogens with one attached hydrogen (secondary N) is 1. The standard InChI is InChI=1S/C16H24N2O/c1-10-4-6-13(7-5-10)9-14-15(16(17)19)11(2)8-12(3)18-14/h4-7,11-12,14-15,18H,8-9H2,1-3H3,(H2,17,19). The highest BCUT2D eigenvalue weighted by atomic mass is 16.1. The lowest BCUT2D eigenvalue weighted by Gasteiger charge is -2.39. The van der Waals surface area contributed by atoms with E-state index in [4.69, 9.17) is 5.73 Å². The van der Waals surface area contributed by atoms with E-state index in [1.807, 2.05) is 0 Å². The van der Waals surface area contributed by atoms with Gasteiger partial charge in [-0.05, 0) is 38.2 Å². The van der Waals surface area contributed by atoms with Crippen LogP contribution in [0.4, 0.5) is 0 Å². The van der Waals surface area contributed by atoms with Crippen LogP contribution in [-0.2, 0) is 11.2 Å². The van der Waals surface area contributed by atoms with Gasteiger partial charge < -0.3 is 11.1 Å². The van der Waals surface area contributed by atoms with Crippen molar-refractivity contribution in [1.82, 2.24) is 5.32 Å². The van der Waals surface area contributed by atoms with Crippen LogP contribution in [0.5, 0.6) is 0 Å². The Morgan fingerprint density at radius 1 is 1.32 bits per heavy atom. The number of carbonyl (C=O) groups is 1. The third-order valence-electron chi connectivity index (χ3n) is 4.18. The van der Waals surface area contributed by atoms with Gasteiger partial charge >= 0.3 is 0 Å². The first-order valence-electron chi connectivity index (χ1n) is 7.08. The van der Waals surface area contributed by atoms with Crippen molar-refractivity contribution in [3.05, 3.63) is 35.4 Å². The second-order valence-corrected chi connectivity index (χ2v) is 6.01. The molecule has 1 aliphatic heterocycles. The summed E-state index contributed by atoms with van der Waals surface area (Å²) in [6.45, 7) is 6.39. The van der Waals surface area contributed by atoms with E-state index in [2.05, 4.69) is 50.4 Å². The van der Waals surface area contributed by atoms with E-state index in [1.165, 1.54) is 11.1 Å². The first-order chi connectivity index (χ1) is 8.97. The average Bonchev–Trinajstić information content (AvgIpc) is 2.30. The zero-order valence-corrected chi connectivity index (χ0v) is 12.0. The molecule has 0 saturated carbocycles. The van der Waals surface area contributed by atoms with E-state index in [-0.39, 0.29) is 17.9 Å². The van der Waals surface area contributed by atoms with Crippen molar-refractivity contribution in [2.75, 3.05) is 0 Å². The van der Waals surface area contributed by atoms with E-state index in [1.54, 1.807) is 0 Å². The molecule has 3 N–H and O–H groups in total. The number of benzene rings is 1. The quantitative estimate of drug-likeness (QED) is 0.873. The molecule has 0 bridgehead atoms. The smallest absolute Gasteiger partial charge is 0.222 e. The largest absolute Gasteiger partial charge is 0.369 e. The van der Waals surface area contributed by atoms with Gasteiger partial charge in [-0.2, -0.15) is 0 Å². The fourth-order valence-electron chi connectivity index (χ4n) is 3.28. The van der Waals surface area contributed by atoms with Crippen LogP contribution in [0.15, 0.2) is 24.3 Å². The highest BCUT2D eigenvalue weighted by molar-refractivity contribution is 5.78. The molecular weight excluding hydrogens is 236 g/mol. The van der Waals surface area contributed by atoms with E-state index >= 15 is 0 Å². The zero-order valence-electron chi connectivity index (χ0n) is 12.0. The van der Waals surface area contributed by atoms with E-state index in [0.717, 1.165) is 12.8 Å². The average molecular weight is 260 g/mol. The van der Waals surface area contributed by atoms with Gasteiger partial charge in [0.05, 0.1) is 5.92 Å². The van der Waals surface area contributed by atoms with Crippen LogP contribution < -0.4 is 11.1 Å². The van der Waals surface area contributed by atoms with Gasteiger partial charge in [0.1, 0.15) is 0 Å². The zero-order chi connectivity index (χ0) is 14.0. The van der Waals surface area contributed by atoms with Crippen molar-refractivity contribution in [1.29, 1.82) is 0 Å². The molecule has 3 heteroatoms. The molecule has 4 unspecified atom stereocenters. The van der Waals surface area contributed by atoms with Crippen molar-refractivity contribution >= 4 is 5.91 Å². The van der Waals surface area contributed by atoms with Crippen LogP contribution in [0, 0.1) is 18.8 Å². The molecule has 1 amide bonds. The maximum Gasteiger partial charge on any atom is 0.222 e. The summed E-state index contributed by atoms with van der Waals surface area (Å²) in [6, 6.07) is 9.10. The molecule has 0 radical (unpaired) electrons. The normalized spacial score (nSPS) is 31.1. The number of nitrogens with two attached hydrogens (primary N) is 1. The minimum absolute atomic E-state index is 0.0718. The third kappa shape index (κ3) is 3.35. The summed E-state index contributed by atoms with van der Waals surface area (Å²) in [7, 11) is 0. The Balaban J connectivity index is 2.15. The number of hydrogen-bond acceptors (Lipinski definition) is 2. The Labute approximate surface area is 115 Å². The predicted molar refractivity (Wildman–Crippen MR) is 77.7 cm³/mol. The van der Waals surface area contributed by atoms with Crippen LogP contribution in [0.2, 0.25) is 0 Å². The number of hydrogen-bond donors (Lipinski definition) is 2. The van der Waals surface area contributed by atoms with Crippen molar-refractivity contribution in [2.45, 2.75) is 45.7 Å². The molecule has 1 heterocycles. The molecule has 1 aliphatic rings. The topological polar surface area (TPSA) is 55.1 Å². The number of rotatable bonds is 3. The minimum atomic E-state index is -0.177. The maximum atomic E-state index is 11.7. The van der Waals surface area contributed by atoms with Gasteiger partial charge in [0.2, 0.25) is 5.91 Å². The number of primary amides is 1. The van der Waals surface area contributed by atoms with Crippen molar-refractivity contribution < 1.29 is 4.79 Å². The first-order valence-corrected chi connectivity index (χ1v) is 7.08. The summed E-state index contributed by atoms with van der Waals surface area (Å²) in [6.07, 6.45) is 1.88. The summed E-state index contributed by atoms with van der Waals surface area (Å²) < 4.78 is 0. The summed E-state index contributed by atoms with van der Waals surface area (Å²) >= 11 is 0. The lowest BCUT2D eigenvalue weighted by atomic mass is 9.77. The summed E-state index contributed by atoms with van der Waals surface area (Å²) in [5, 5.41) is 3.54. The van der Waals surface area contributed by atoms with Gasteiger partial charge in [-0.15, -0.1) is 0 Å². The predicted octanol–water partition coefficient (Wildman–Crippen LogP) is 2.03. The Morgan fingerprint density at radius 3 is 2.53 bits per heavy atom. The number of carbonyl (C=O) groups excluding carboxylic acids is 1. The van der Waals surface area contributed by atoms with Crippen LogP contribution in [0.3, 0.4) is 0 Å². The SMILES string of the molecule is Cc1ccc(CC2NC(C)CC(C)C2C(N)=O)cc1. The van der Waals surface area contributed by atoms with E-state index in [9.17, 15) is 4.79 Å². The van der Waals surface area contributed by atoms with Gasteiger partial charge in [-0.3, -0.25) is 4.79 Å².